The zero-order valence-corrected chi connectivity index (χ0v) is 9.48. The Morgan fingerprint density at radius 2 is 2.00 bits per heavy atom. The molecule has 1 rings (SSSR count). The molecule has 6 heteroatoms. The molecule has 0 aliphatic carbocycles. The summed E-state index contributed by atoms with van der Waals surface area (Å²) in [7, 11) is -3.67. The van der Waals surface area contributed by atoms with Gasteiger partial charge in [0.25, 0.3) is 0 Å². The van der Waals surface area contributed by atoms with Crippen LogP contribution in [0.3, 0.4) is 0 Å². The number of hydrogen-bond donors (Lipinski definition) is 1. The van der Waals surface area contributed by atoms with Gasteiger partial charge in [-0.3, -0.25) is 4.79 Å². The molecule has 0 atom stereocenters. The minimum atomic E-state index is -3.67. The van der Waals surface area contributed by atoms with E-state index in [4.69, 9.17) is 5.14 Å². The molecule has 2 N–H and O–H groups in total. The lowest BCUT2D eigenvalue weighted by Gasteiger charge is -1.98. The van der Waals surface area contributed by atoms with Crippen LogP contribution in [0.5, 0.6) is 0 Å². The minimum Gasteiger partial charge on any atom is -0.293 e. The highest BCUT2D eigenvalue weighted by Gasteiger charge is 2.17. The number of primary sulfonamides is 1. The van der Waals surface area contributed by atoms with Gasteiger partial charge in [-0.15, -0.1) is 11.3 Å². The summed E-state index contributed by atoms with van der Waals surface area (Å²) in [5.41, 5.74) is 0. The van der Waals surface area contributed by atoms with Crippen LogP contribution in [0.4, 0.5) is 0 Å². The van der Waals surface area contributed by atoms with Gasteiger partial charge in [-0.05, 0) is 12.1 Å². The zero-order valence-electron chi connectivity index (χ0n) is 7.85. The first kappa shape index (κ1) is 11.4. The maximum absolute atomic E-state index is 11.5. The van der Waals surface area contributed by atoms with E-state index in [9.17, 15) is 13.2 Å². The first-order valence-corrected chi connectivity index (χ1v) is 6.35. The van der Waals surface area contributed by atoms with Gasteiger partial charge in [-0.25, -0.2) is 13.6 Å². The van der Waals surface area contributed by atoms with Crippen molar-refractivity contribution < 1.29 is 13.2 Å². The maximum Gasteiger partial charge on any atom is 0.247 e. The lowest BCUT2D eigenvalue weighted by atomic mass is 10.1. The monoisotopic (exact) mass is 233 g/mol. The van der Waals surface area contributed by atoms with Crippen LogP contribution in [-0.2, 0) is 10.0 Å². The average Bonchev–Trinajstić information content (AvgIpc) is 2.49. The Kier molecular flexibility index (Phi) is 3.08. The summed E-state index contributed by atoms with van der Waals surface area (Å²) in [4.78, 5) is 11.9. The maximum atomic E-state index is 11.5. The first-order chi connectivity index (χ1) is 6.32. The fourth-order valence-electron chi connectivity index (χ4n) is 0.890. The third-order valence-corrected chi connectivity index (χ3v) is 4.17. The van der Waals surface area contributed by atoms with Crippen molar-refractivity contribution in [3.63, 3.8) is 0 Å². The van der Waals surface area contributed by atoms with Crippen LogP contribution >= 0.6 is 11.3 Å². The number of hydrogen-bond acceptors (Lipinski definition) is 4. The summed E-state index contributed by atoms with van der Waals surface area (Å²) in [6, 6.07) is 2.85. The molecular weight excluding hydrogens is 222 g/mol. The summed E-state index contributed by atoms with van der Waals surface area (Å²) >= 11 is 0.914. The molecule has 0 amide bonds. The molecule has 0 aliphatic rings. The Bertz CT molecular complexity index is 445. The number of rotatable bonds is 3. The highest BCUT2D eigenvalue weighted by Crippen LogP contribution is 2.22. The van der Waals surface area contributed by atoms with Crippen molar-refractivity contribution in [2.45, 2.75) is 18.1 Å². The van der Waals surface area contributed by atoms with Crippen LogP contribution in [0.2, 0.25) is 0 Å². The van der Waals surface area contributed by atoms with Gasteiger partial charge in [0.05, 0.1) is 4.88 Å². The molecule has 0 aromatic carbocycles. The quantitative estimate of drug-likeness (QED) is 0.798. The molecule has 1 heterocycles. The number of carbonyl (C=O) groups excluding carboxylic acids is 1. The Morgan fingerprint density at radius 1 is 1.43 bits per heavy atom. The summed E-state index contributed by atoms with van der Waals surface area (Å²) in [5, 5.41) is 4.92. The highest BCUT2D eigenvalue weighted by molar-refractivity contribution is 7.91. The number of carbonyl (C=O) groups is 1. The number of nitrogens with two attached hydrogens (primary N) is 1. The number of ketones is 1. The molecule has 4 nitrogen and oxygen atoms in total. The van der Waals surface area contributed by atoms with E-state index in [0.717, 1.165) is 11.3 Å². The molecule has 0 saturated heterocycles. The van der Waals surface area contributed by atoms with Gasteiger partial charge in [-0.1, -0.05) is 13.8 Å². The second-order valence-corrected chi connectivity index (χ2v) is 6.05. The second-order valence-electron chi connectivity index (χ2n) is 3.18. The van der Waals surface area contributed by atoms with Crippen molar-refractivity contribution >= 4 is 27.1 Å². The molecule has 14 heavy (non-hydrogen) atoms. The van der Waals surface area contributed by atoms with Crippen LogP contribution in [0.15, 0.2) is 16.3 Å². The van der Waals surface area contributed by atoms with E-state index in [1.54, 1.807) is 13.8 Å². The van der Waals surface area contributed by atoms with Crippen molar-refractivity contribution in [3.05, 3.63) is 17.0 Å². The Hall–Kier alpha value is -0.720. The van der Waals surface area contributed by atoms with E-state index in [2.05, 4.69) is 0 Å². The third kappa shape index (κ3) is 2.40. The van der Waals surface area contributed by atoms with E-state index < -0.39 is 10.0 Å². The fourth-order valence-corrected chi connectivity index (χ4v) is 2.71. The van der Waals surface area contributed by atoms with Gasteiger partial charge >= 0.3 is 0 Å². The molecule has 0 spiro atoms. The van der Waals surface area contributed by atoms with E-state index in [0.29, 0.717) is 4.88 Å². The average molecular weight is 233 g/mol. The van der Waals surface area contributed by atoms with E-state index in [-0.39, 0.29) is 15.9 Å². The topological polar surface area (TPSA) is 77.2 Å². The lowest BCUT2D eigenvalue weighted by molar-refractivity contribution is 0.0943. The van der Waals surface area contributed by atoms with Gasteiger partial charge in [0.2, 0.25) is 10.0 Å². The largest absolute Gasteiger partial charge is 0.293 e. The normalized spacial score (nSPS) is 12.0. The molecule has 0 bridgehead atoms. The summed E-state index contributed by atoms with van der Waals surface area (Å²) in [5.74, 6) is -0.202. The molecule has 0 radical (unpaired) electrons. The Labute approximate surface area is 86.8 Å². The van der Waals surface area contributed by atoms with Gasteiger partial charge in [0, 0.05) is 5.92 Å². The fraction of sp³-hybridized carbons (Fsp3) is 0.375. The zero-order chi connectivity index (χ0) is 10.9. The first-order valence-electron chi connectivity index (χ1n) is 3.99. The van der Waals surface area contributed by atoms with Crippen LogP contribution in [-0.4, -0.2) is 14.2 Å². The standard InChI is InChI=1S/C8H11NO3S2/c1-5(2)8(10)6-3-4-7(13-6)14(9,11)12/h3-5H,1-2H3,(H2,9,11,12). The van der Waals surface area contributed by atoms with Gasteiger partial charge < -0.3 is 0 Å². The SMILES string of the molecule is CC(C)C(=O)c1ccc(S(N)(=O)=O)s1. The van der Waals surface area contributed by atoms with E-state index in [1.807, 2.05) is 0 Å². The predicted molar refractivity (Wildman–Crippen MR) is 54.9 cm³/mol. The second kappa shape index (κ2) is 3.80. The number of sulfonamides is 1. The third-order valence-electron chi connectivity index (χ3n) is 1.63. The molecular formula is C8H11NO3S2. The molecule has 0 saturated carbocycles. The van der Waals surface area contributed by atoms with Crippen molar-refractivity contribution in [1.82, 2.24) is 0 Å². The lowest BCUT2D eigenvalue weighted by Crippen LogP contribution is -2.10. The van der Waals surface area contributed by atoms with Crippen LogP contribution < -0.4 is 5.14 Å². The summed E-state index contributed by atoms with van der Waals surface area (Å²) in [6.45, 7) is 3.53. The highest BCUT2D eigenvalue weighted by atomic mass is 32.2. The minimum absolute atomic E-state index is 0.0292. The molecule has 78 valence electrons. The van der Waals surface area contributed by atoms with Crippen molar-refractivity contribution in [2.75, 3.05) is 0 Å². The molecule has 0 unspecified atom stereocenters. The molecule has 1 aromatic rings. The summed E-state index contributed by atoms with van der Waals surface area (Å²) in [6.07, 6.45) is 0. The van der Waals surface area contributed by atoms with Crippen molar-refractivity contribution in [3.8, 4) is 0 Å². The van der Waals surface area contributed by atoms with E-state index >= 15 is 0 Å². The Balaban J connectivity index is 3.07. The predicted octanol–water partition coefficient (Wildman–Crippen LogP) is 1.23. The molecule has 0 aliphatic heterocycles. The van der Waals surface area contributed by atoms with E-state index in [1.165, 1.54) is 12.1 Å². The molecule has 0 fully saturated rings. The van der Waals surface area contributed by atoms with Gasteiger partial charge in [-0.2, -0.15) is 0 Å². The van der Waals surface area contributed by atoms with Crippen LogP contribution in [0.1, 0.15) is 23.5 Å². The van der Waals surface area contributed by atoms with Crippen LogP contribution in [0.25, 0.3) is 0 Å². The number of Topliss-reactive ketones (excluding diaryl/α,β-unsaturated/α-hetero) is 1. The van der Waals surface area contributed by atoms with Gasteiger partial charge in [0.1, 0.15) is 4.21 Å². The Morgan fingerprint density at radius 3 is 2.36 bits per heavy atom. The summed E-state index contributed by atoms with van der Waals surface area (Å²) < 4.78 is 21.9. The van der Waals surface area contributed by atoms with Crippen molar-refractivity contribution in [2.24, 2.45) is 11.1 Å². The van der Waals surface area contributed by atoms with Crippen molar-refractivity contribution in [1.29, 1.82) is 0 Å². The number of thiophene rings is 1. The molecule has 1 aromatic heterocycles. The smallest absolute Gasteiger partial charge is 0.247 e. The van der Waals surface area contributed by atoms with Crippen LogP contribution in [0, 0.1) is 5.92 Å². The van der Waals surface area contributed by atoms with Gasteiger partial charge in [0.15, 0.2) is 5.78 Å².